The van der Waals surface area contributed by atoms with E-state index < -0.39 is 0 Å². The second kappa shape index (κ2) is 8.59. The summed E-state index contributed by atoms with van der Waals surface area (Å²) in [6.45, 7) is 4.08. The number of hydrogen-bond donors (Lipinski definition) is 1. The maximum Gasteiger partial charge on any atom is 0.244 e. The van der Waals surface area contributed by atoms with Crippen molar-refractivity contribution < 1.29 is 14.6 Å². The first-order chi connectivity index (χ1) is 13.7. The normalized spacial score (nSPS) is 19.1. The molecule has 2 aromatic carbocycles. The van der Waals surface area contributed by atoms with E-state index in [4.69, 9.17) is 4.74 Å². The van der Waals surface area contributed by atoms with Crippen LogP contribution in [0.15, 0.2) is 60.7 Å². The highest BCUT2D eigenvalue weighted by molar-refractivity contribution is 5.83. The number of morpholine rings is 1. The predicted molar refractivity (Wildman–Crippen MR) is 109 cm³/mol. The van der Waals surface area contributed by atoms with Crippen LogP contribution in [-0.2, 0) is 9.53 Å². The molecular weight excluding hydrogens is 352 g/mol. The topological polar surface area (TPSA) is 53.0 Å². The molecule has 0 saturated carbocycles. The second-order valence-corrected chi connectivity index (χ2v) is 7.27. The molecule has 1 unspecified atom stereocenters. The van der Waals surface area contributed by atoms with Crippen molar-refractivity contribution in [1.82, 2.24) is 9.80 Å². The van der Waals surface area contributed by atoms with Gasteiger partial charge in [0.15, 0.2) is 0 Å². The molecule has 1 N–H and O–H groups in total. The quantitative estimate of drug-likeness (QED) is 0.888. The third-order valence-corrected chi connectivity index (χ3v) is 5.52. The van der Waals surface area contributed by atoms with Crippen LogP contribution in [-0.4, -0.2) is 60.2 Å². The minimum atomic E-state index is -0.267. The molecular formula is C23H26N2O3. The lowest BCUT2D eigenvalue weighted by atomic mass is 9.96. The minimum absolute atomic E-state index is 0.163. The summed E-state index contributed by atoms with van der Waals surface area (Å²) in [5.41, 5.74) is 3.44. The second-order valence-electron chi connectivity index (χ2n) is 7.27. The summed E-state index contributed by atoms with van der Waals surface area (Å²) in [5, 5.41) is 9.50. The molecule has 2 aliphatic rings. The number of ether oxygens (including phenoxy) is 1. The number of carbonyl (C=O) groups is 1. The Balaban J connectivity index is 1.55. The van der Waals surface area contributed by atoms with E-state index in [9.17, 15) is 9.90 Å². The first-order valence-electron chi connectivity index (χ1n) is 9.86. The average Bonchev–Trinajstić information content (AvgIpc) is 2.76. The fraction of sp³-hybridized carbons (Fsp3) is 0.348. The maximum atomic E-state index is 13.4. The van der Waals surface area contributed by atoms with Gasteiger partial charge in [0.05, 0.1) is 13.2 Å². The summed E-state index contributed by atoms with van der Waals surface area (Å²) in [5.74, 6) is 0.443. The third kappa shape index (κ3) is 4.11. The van der Waals surface area contributed by atoms with E-state index >= 15 is 0 Å². The summed E-state index contributed by atoms with van der Waals surface area (Å²) in [4.78, 5) is 17.6. The molecule has 1 amide bonds. The van der Waals surface area contributed by atoms with Gasteiger partial charge in [0.1, 0.15) is 11.8 Å². The highest BCUT2D eigenvalue weighted by Gasteiger charge is 2.32. The SMILES string of the molecule is O=C(C(c1ccccc1)N1CC=C(c2ccc(O)cc2)CC1)N1CCOCC1. The van der Waals surface area contributed by atoms with E-state index in [1.54, 1.807) is 12.1 Å². The zero-order chi connectivity index (χ0) is 19.3. The summed E-state index contributed by atoms with van der Waals surface area (Å²) < 4.78 is 5.42. The van der Waals surface area contributed by atoms with E-state index in [0.717, 1.165) is 30.6 Å². The Bertz CT molecular complexity index is 827. The molecule has 146 valence electrons. The Hall–Kier alpha value is -2.63. The number of nitrogens with zero attached hydrogens (tertiary/aromatic N) is 2. The Labute approximate surface area is 165 Å². The lowest BCUT2D eigenvalue weighted by molar-refractivity contribution is -0.141. The standard InChI is InChI=1S/C23H26N2O3/c26-21-8-6-18(7-9-21)19-10-12-24(13-11-19)22(20-4-2-1-3-5-20)23(27)25-14-16-28-17-15-25/h1-10,22,26H,11-17H2. The number of aromatic hydroxyl groups is 1. The monoisotopic (exact) mass is 378 g/mol. The molecule has 5 heteroatoms. The number of phenolic OH excluding ortho intramolecular Hbond substituents is 1. The van der Waals surface area contributed by atoms with Gasteiger partial charge in [0.25, 0.3) is 0 Å². The van der Waals surface area contributed by atoms with Gasteiger partial charge in [-0.05, 0) is 35.3 Å². The molecule has 1 fully saturated rings. The summed E-state index contributed by atoms with van der Waals surface area (Å²) >= 11 is 0. The van der Waals surface area contributed by atoms with Crippen LogP contribution in [0.4, 0.5) is 0 Å². The van der Waals surface area contributed by atoms with Crippen LogP contribution in [0.1, 0.15) is 23.6 Å². The summed E-state index contributed by atoms with van der Waals surface area (Å²) in [7, 11) is 0. The van der Waals surface area contributed by atoms with Gasteiger partial charge in [-0.3, -0.25) is 9.69 Å². The number of hydrogen-bond acceptors (Lipinski definition) is 4. The van der Waals surface area contributed by atoms with Gasteiger partial charge in [0, 0.05) is 26.2 Å². The minimum Gasteiger partial charge on any atom is -0.508 e. The molecule has 0 aliphatic carbocycles. The average molecular weight is 378 g/mol. The van der Waals surface area contributed by atoms with E-state index in [1.165, 1.54) is 5.57 Å². The van der Waals surface area contributed by atoms with Crippen LogP contribution in [0.25, 0.3) is 5.57 Å². The Morgan fingerprint density at radius 1 is 0.964 bits per heavy atom. The molecule has 2 heterocycles. The van der Waals surface area contributed by atoms with Gasteiger partial charge in [-0.1, -0.05) is 48.5 Å². The molecule has 0 radical (unpaired) electrons. The molecule has 28 heavy (non-hydrogen) atoms. The molecule has 1 saturated heterocycles. The van der Waals surface area contributed by atoms with E-state index in [2.05, 4.69) is 11.0 Å². The van der Waals surface area contributed by atoms with Crippen molar-refractivity contribution >= 4 is 11.5 Å². The molecule has 1 atom stereocenters. The van der Waals surface area contributed by atoms with Crippen molar-refractivity contribution in [3.8, 4) is 5.75 Å². The highest BCUT2D eigenvalue weighted by Crippen LogP contribution is 2.30. The Kier molecular flexibility index (Phi) is 5.74. The van der Waals surface area contributed by atoms with Gasteiger partial charge < -0.3 is 14.7 Å². The van der Waals surface area contributed by atoms with Crippen molar-refractivity contribution in [3.63, 3.8) is 0 Å². The van der Waals surface area contributed by atoms with E-state index in [1.807, 2.05) is 47.4 Å². The van der Waals surface area contributed by atoms with Gasteiger partial charge in [-0.2, -0.15) is 0 Å². The van der Waals surface area contributed by atoms with E-state index in [-0.39, 0.29) is 17.7 Å². The van der Waals surface area contributed by atoms with Crippen molar-refractivity contribution in [2.24, 2.45) is 0 Å². The lowest BCUT2D eigenvalue weighted by Gasteiger charge is -2.37. The van der Waals surface area contributed by atoms with Crippen molar-refractivity contribution in [2.45, 2.75) is 12.5 Å². The Morgan fingerprint density at radius 2 is 1.68 bits per heavy atom. The summed E-state index contributed by atoms with van der Waals surface area (Å²) in [6, 6.07) is 17.1. The fourth-order valence-corrected chi connectivity index (χ4v) is 3.96. The van der Waals surface area contributed by atoms with Crippen molar-refractivity contribution in [2.75, 3.05) is 39.4 Å². The summed E-state index contributed by atoms with van der Waals surface area (Å²) in [6.07, 6.45) is 3.09. The van der Waals surface area contributed by atoms with Crippen LogP contribution < -0.4 is 0 Å². The molecule has 2 aromatic rings. The zero-order valence-electron chi connectivity index (χ0n) is 16.0. The molecule has 4 rings (SSSR count). The van der Waals surface area contributed by atoms with E-state index in [0.29, 0.717) is 26.3 Å². The molecule has 2 aliphatic heterocycles. The maximum absolute atomic E-state index is 13.4. The van der Waals surface area contributed by atoms with Gasteiger partial charge in [-0.15, -0.1) is 0 Å². The predicted octanol–water partition coefficient (Wildman–Crippen LogP) is 3.08. The van der Waals surface area contributed by atoms with Crippen molar-refractivity contribution in [1.29, 1.82) is 0 Å². The number of amides is 1. The van der Waals surface area contributed by atoms with Gasteiger partial charge in [0.2, 0.25) is 5.91 Å². The van der Waals surface area contributed by atoms with Crippen LogP contribution in [0.5, 0.6) is 5.75 Å². The molecule has 0 spiro atoms. The lowest BCUT2D eigenvalue weighted by Crippen LogP contribution is -2.48. The number of rotatable bonds is 4. The molecule has 5 nitrogen and oxygen atoms in total. The van der Waals surface area contributed by atoms with Gasteiger partial charge in [-0.25, -0.2) is 0 Å². The zero-order valence-corrected chi connectivity index (χ0v) is 16.0. The van der Waals surface area contributed by atoms with Crippen LogP contribution in [0.2, 0.25) is 0 Å². The number of benzene rings is 2. The third-order valence-electron chi connectivity index (χ3n) is 5.52. The first-order valence-corrected chi connectivity index (χ1v) is 9.86. The van der Waals surface area contributed by atoms with Crippen LogP contribution in [0, 0.1) is 0 Å². The Morgan fingerprint density at radius 3 is 2.32 bits per heavy atom. The number of phenols is 1. The first kappa shape index (κ1) is 18.7. The smallest absolute Gasteiger partial charge is 0.244 e. The number of carbonyl (C=O) groups excluding carboxylic acids is 1. The van der Waals surface area contributed by atoms with Crippen LogP contribution in [0.3, 0.4) is 0 Å². The highest BCUT2D eigenvalue weighted by atomic mass is 16.5. The van der Waals surface area contributed by atoms with Crippen molar-refractivity contribution in [3.05, 3.63) is 71.8 Å². The molecule has 0 bridgehead atoms. The largest absolute Gasteiger partial charge is 0.508 e. The fourth-order valence-electron chi connectivity index (χ4n) is 3.96. The van der Waals surface area contributed by atoms with Gasteiger partial charge >= 0.3 is 0 Å². The van der Waals surface area contributed by atoms with Crippen LogP contribution >= 0.6 is 0 Å². The molecule has 0 aromatic heterocycles.